The van der Waals surface area contributed by atoms with Gasteiger partial charge >= 0.3 is 6.03 Å². The summed E-state index contributed by atoms with van der Waals surface area (Å²) in [7, 11) is 0. The largest absolute Gasteiger partial charge is 0.325 e. The van der Waals surface area contributed by atoms with Gasteiger partial charge in [-0.25, -0.2) is 9.18 Å². The van der Waals surface area contributed by atoms with E-state index >= 15 is 0 Å². The molecule has 1 atom stereocenters. The maximum atomic E-state index is 13.5. The highest BCUT2D eigenvalue weighted by atomic mass is 19.1. The van der Waals surface area contributed by atoms with Gasteiger partial charge in [-0.3, -0.25) is 14.8 Å². The van der Waals surface area contributed by atoms with Gasteiger partial charge in [0, 0.05) is 19.2 Å². The number of nitrogens with one attached hydrogen (secondary N) is 3. The van der Waals surface area contributed by atoms with Gasteiger partial charge in [0.2, 0.25) is 0 Å². The Morgan fingerprint density at radius 2 is 1.89 bits per heavy atom. The van der Waals surface area contributed by atoms with E-state index in [1.807, 2.05) is 0 Å². The van der Waals surface area contributed by atoms with Crippen LogP contribution in [0.1, 0.15) is 24.0 Å². The first-order chi connectivity index (χ1) is 13.6. The van der Waals surface area contributed by atoms with Crippen molar-refractivity contribution in [3.05, 3.63) is 53.6 Å². The zero-order valence-corrected chi connectivity index (χ0v) is 15.6. The molecule has 7 nitrogen and oxygen atoms in total. The lowest BCUT2D eigenvalue weighted by Gasteiger charge is -2.38. The van der Waals surface area contributed by atoms with E-state index in [1.165, 1.54) is 17.0 Å². The van der Waals surface area contributed by atoms with Crippen molar-refractivity contribution in [1.29, 1.82) is 0 Å². The maximum Gasteiger partial charge on any atom is 0.325 e. The first-order valence-electron chi connectivity index (χ1n) is 9.65. The van der Waals surface area contributed by atoms with Crippen LogP contribution < -0.4 is 10.6 Å². The Bertz CT molecular complexity index is 833. The van der Waals surface area contributed by atoms with Crippen LogP contribution in [0, 0.1) is 11.7 Å². The lowest BCUT2D eigenvalue weighted by molar-refractivity contribution is -0.133. The normalized spacial score (nSPS) is 23.2. The summed E-state index contributed by atoms with van der Waals surface area (Å²) in [5.74, 6) is -0.463. The van der Waals surface area contributed by atoms with Crippen LogP contribution >= 0.6 is 0 Å². The van der Waals surface area contributed by atoms with E-state index in [-0.39, 0.29) is 23.7 Å². The van der Waals surface area contributed by atoms with E-state index in [4.69, 9.17) is 0 Å². The third-order valence-corrected chi connectivity index (χ3v) is 5.81. The lowest BCUT2D eigenvalue weighted by atomic mass is 9.74. The second kappa shape index (κ2) is 7.71. The summed E-state index contributed by atoms with van der Waals surface area (Å²) < 4.78 is 13.3. The highest BCUT2D eigenvalue weighted by Crippen LogP contribution is 2.35. The fraction of sp³-hybridized carbons (Fsp3) is 0.450. The lowest BCUT2D eigenvalue weighted by Crippen LogP contribution is -2.57. The minimum absolute atomic E-state index is 0.0363. The molecule has 8 heteroatoms. The zero-order chi connectivity index (χ0) is 19.6. The Morgan fingerprint density at radius 1 is 1.14 bits per heavy atom. The molecule has 4 rings (SSSR count). The number of amides is 3. The fourth-order valence-corrected chi connectivity index (χ4v) is 4.28. The van der Waals surface area contributed by atoms with Crippen LogP contribution in [0.4, 0.5) is 9.18 Å². The molecule has 2 fully saturated rings. The molecule has 1 aromatic heterocycles. The number of hydrogen-bond donors (Lipinski definition) is 3. The molecule has 2 aliphatic rings. The molecule has 3 amide bonds. The number of aromatic amines is 1. The molecule has 148 valence electrons. The molecule has 2 aliphatic heterocycles. The first kappa shape index (κ1) is 18.6. The predicted molar refractivity (Wildman–Crippen MR) is 101 cm³/mol. The number of aromatic nitrogens is 2. The van der Waals surface area contributed by atoms with E-state index in [0.717, 1.165) is 37.1 Å². The number of rotatable bonds is 6. The van der Waals surface area contributed by atoms with Gasteiger partial charge in [0.15, 0.2) is 0 Å². The standard InChI is InChI=1S/C20H24FN5O2/c21-17-3-1-14(2-4-17)11-20(16-5-8-22-9-6-16)18(27)26(19(28)25-20)10-7-15-12-23-24-13-15/h1-4,12-13,16,22H,5-11H2,(H,23,24)(H,25,28)/t20-/m1/s1. The van der Waals surface area contributed by atoms with E-state index < -0.39 is 5.54 Å². The number of imide groups is 1. The highest BCUT2D eigenvalue weighted by molar-refractivity contribution is 6.07. The van der Waals surface area contributed by atoms with Crippen LogP contribution in [-0.2, 0) is 17.6 Å². The summed E-state index contributed by atoms with van der Waals surface area (Å²) in [5, 5.41) is 13.0. The predicted octanol–water partition coefficient (Wildman–Crippen LogP) is 1.62. The van der Waals surface area contributed by atoms with Gasteiger partial charge in [0.1, 0.15) is 11.4 Å². The molecule has 0 spiro atoms. The Labute approximate surface area is 162 Å². The van der Waals surface area contributed by atoms with Crippen molar-refractivity contribution in [2.75, 3.05) is 19.6 Å². The Morgan fingerprint density at radius 3 is 2.57 bits per heavy atom. The van der Waals surface area contributed by atoms with Crippen LogP contribution in [0.2, 0.25) is 0 Å². The van der Waals surface area contributed by atoms with Crippen molar-refractivity contribution in [2.24, 2.45) is 5.92 Å². The Kier molecular flexibility index (Phi) is 5.13. The van der Waals surface area contributed by atoms with Crippen molar-refractivity contribution in [3.8, 4) is 0 Å². The summed E-state index contributed by atoms with van der Waals surface area (Å²) in [6.07, 6.45) is 5.98. The molecule has 0 aliphatic carbocycles. The fourth-order valence-electron chi connectivity index (χ4n) is 4.28. The summed E-state index contributed by atoms with van der Waals surface area (Å²) in [6.45, 7) is 1.93. The molecule has 0 saturated carbocycles. The summed E-state index contributed by atoms with van der Waals surface area (Å²) >= 11 is 0. The number of piperidine rings is 1. The van der Waals surface area contributed by atoms with Crippen molar-refractivity contribution < 1.29 is 14.0 Å². The van der Waals surface area contributed by atoms with Gasteiger partial charge in [-0.1, -0.05) is 12.1 Å². The van der Waals surface area contributed by atoms with Crippen LogP contribution in [0.25, 0.3) is 0 Å². The number of halogens is 1. The van der Waals surface area contributed by atoms with Gasteiger partial charge in [-0.2, -0.15) is 5.10 Å². The van der Waals surface area contributed by atoms with Gasteiger partial charge < -0.3 is 10.6 Å². The Hall–Kier alpha value is -2.74. The van der Waals surface area contributed by atoms with Gasteiger partial charge in [-0.05, 0) is 61.5 Å². The third-order valence-electron chi connectivity index (χ3n) is 5.81. The second-order valence-corrected chi connectivity index (χ2v) is 7.54. The smallest absolute Gasteiger partial charge is 0.322 e. The van der Waals surface area contributed by atoms with Crippen molar-refractivity contribution in [1.82, 2.24) is 25.7 Å². The molecule has 0 bridgehead atoms. The number of urea groups is 1. The van der Waals surface area contributed by atoms with Gasteiger partial charge in [0.25, 0.3) is 5.91 Å². The number of carbonyl (C=O) groups excluding carboxylic acids is 2. The molecule has 3 N–H and O–H groups in total. The average molecular weight is 385 g/mol. The zero-order valence-electron chi connectivity index (χ0n) is 15.6. The number of hydrogen-bond acceptors (Lipinski definition) is 4. The SMILES string of the molecule is O=C1N[C@](Cc2ccc(F)cc2)(C2CCNCC2)C(=O)N1CCc1cn[nH]c1. The number of carbonyl (C=O) groups is 2. The highest BCUT2D eigenvalue weighted by Gasteiger charge is 2.55. The quantitative estimate of drug-likeness (QED) is 0.659. The van der Waals surface area contributed by atoms with Crippen molar-refractivity contribution in [2.45, 2.75) is 31.2 Å². The van der Waals surface area contributed by atoms with Crippen molar-refractivity contribution in [3.63, 3.8) is 0 Å². The van der Waals surface area contributed by atoms with E-state index in [2.05, 4.69) is 20.8 Å². The van der Waals surface area contributed by atoms with Crippen LogP contribution in [-0.4, -0.2) is 52.2 Å². The van der Waals surface area contributed by atoms with Crippen LogP contribution in [0.3, 0.4) is 0 Å². The molecule has 1 aromatic carbocycles. The van der Waals surface area contributed by atoms with Crippen LogP contribution in [0.5, 0.6) is 0 Å². The first-order valence-corrected chi connectivity index (χ1v) is 9.65. The molecule has 0 unspecified atom stereocenters. The molecule has 2 saturated heterocycles. The molecule has 28 heavy (non-hydrogen) atoms. The summed E-state index contributed by atoms with van der Waals surface area (Å²) in [6, 6.07) is 5.80. The molecular weight excluding hydrogens is 361 g/mol. The number of benzene rings is 1. The molecular formula is C20H24FN5O2. The van der Waals surface area contributed by atoms with E-state index in [1.54, 1.807) is 24.5 Å². The third kappa shape index (κ3) is 3.52. The van der Waals surface area contributed by atoms with Gasteiger partial charge in [-0.15, -0.1) is 0 Å². The minimum atomic E-state index is -0.979. The number of H-pyrrole nitrogens is 1. The second-order valence-electron chi connectivity index (χ2n) is 7.54. The van der Waals surface area contributed by atoms with Crippen molar-refractivity contribution >= 4 is 11.9 Å². The van der Waals surface area contributed by atoms with Gasteiger partial charge in [0.05, 0.1) is 6.20 Å². The maximum absolute atomic E-state index is 13.5. The summed E-state index contributed by atoms with van der Waals surface area (Å²) in [4.78, 5) is 27.6. The Balaban J connectivity index is 1.59. The minimum Gasteiger partial charge on any atom is -0.322 e. The molecule has 3 heterocycles. The molecule has 0 radical (unpaired) electrons. The van der Waals surface area contributed by atoms with E-state index in [9.17, 15) is 14.0 Å². The number of nitrogens with zero attached hydrogens (tertiary/aromatic N) is 2. The van der Waals surface area contributed by atoms with E-state index in [0.29, 0.717) is 19.4 Å². The van der Waals surface area contributed by atoms with Crippen LogP contribution in [0.15, 0.2) is 36.7 Å². The topological polar surface area (TPSA) is 90.1 Å². The molecule has 2 aromatic rings. The monoisotopic (exact) mass is 385 g/mol. The summed E-state index contributed by atoms with van der Waals surface area (Å²) in [5.41, 5.74) is 0.803. The average Bonchev–Trinajstić information content (AvgIpc) is 3.30.